The van der Waals surface area contributed by atoms with Crippen LogP contribution in [0.1, 0.15) is 24.1 Å². The van der Waals surface area contributed by atoms with Crippen LogP contribution in [-0.4, -0.2) is 15.7 Å². The minimum absolute atomic E-state index is 0.276. The van der Waals surface area contributed by atoms with Crippen molar-refractivity contribution in [3.05, 3.63) is 34.4 Å². The zero-order valence-corrected chi connectivity index (χ0v) is 12.3. The molecule has 4 rings (SSSR count). The molecule has 0 saturated heterocycles. The maximum Gasteiger partial charge on any atom is 0.150 e. The molecule has 0 fully saturated rings. The minimum Gasteiger partial charge on any atom is -0.375 e. The number of aryl methyl sites for hydroxylation is 1. The summed E-state index contributed by atoms with van der Waals surface area (Å²) in [7, 11) is 0. The van der Waals surface area contributed by atoms with Crippen LogP contribution >= 0.6 is 23.4 Å². The van der Waals surface area contributed by atoms with Crippen LogP contribution in [0, 0.1) is 5.82 Å². The van der Waals surface area contributed by atoms with E-state index in [9.17, 15) is 4.39 Å². The molecule has 6 heteroatoms. The predicted octanol–water partition coefficient (Wildman–Crippen LogP) is 4.02. The summed E-state index contributed by atoms with van der Waals surface area (Å²) in [4.78, 5) is 0.944. The van der Waals surface area contributed by atoms with Crippen LogP contribution < -0.4 is 5.32 Å². The van der Waals surface area contributed by atoms with Crippen molar-refractivity contribution in [1.29, 1.82) is 0 Å². The quantitative estimate of drug-likeness (QED) is 0.863. The van der Waals surface area contributed by atoms with Crippen molar-refractivity contribution >= 4 is 29.1 Å². The predicted molar refractivity (Wildman–Crippen MR) is 79.5 cm³/mol. The number of aromatic nitrogens is 2. The Bertz CT molecular complexity index is 698. The van der Waals surface area contributed by atoms with Crippen molar-refractivity contribution in [3.8, 4) is 5.69 Å². The normalized spacial score (nSPS) is 16.7. The zero-order valence-electron chi connectivity index (χ0n) is 10.7. The molecule has 2 heterocycles. The number of halogens is 2. The zero-order chi connectivity index (χ0) is 13.7. The Morgan fingerprint density at radius 3 is 3.00 bits per heavy atom. The highest BCUT2D eigenvalue weighted by Gasteiger charge is 2.23. The first-order chi connectivity index (χ1) is 9.74. The lowest BCUT2D eigenvalue weighted by Gasteiger charge is -2.08. The number of anilines is 1. The third-order valence-corrected chi connectivity index (χ3v) is 5.19. The van der Waals surface area contributed by atoms with Crippen molar-refractivity contribution in [1.82, 2.24) is 9.78 Å². The van der Waals surface area contributed by atoms with Gasteiger partial charge >= 0.3 is 0 Å². The second-order valence-corrected chi connectivity index (χ2v) is 6.48. The average molecular weight is 310 g/mol. The largest absolute Gasteiger partial charge is 0.375 e. The molecule has 0 bridgehead atoms. The first kappa shape index (κ1) is 12.5. The van der Waals surface area contributed by atoms with Crippen LogP contribution in [0.25, 0.3) is 5.69 Å². The monoisotopic (exact) mass is 309 g/mol. The number of nitrogens with zero attached hydrogens (tertiary/aromatic N) is 2. The molecule has 0 spiro atoms. The summed E-state index contributed by atoms with van der Waals surface area (Å²) >= 11 is 8.01. The van der Waals surface area contributed by atoms with E-state index in [1.807, 2.05) is 0 Å². The van der Waals surface area contributed by atoms with E-state index in [1.165, 1.54) is 0 Å². The van der Waals surface area contributed by atoms with E-state index in [4.69, 9.17) is 11.6 Å². The molecule has 0 unspecified atom stereocenters. The van der Waals surface area contributed by atoms with Crippen LogP contribution in [0.3, 0.4) is 0 Å². The van der Waals surface area contributed by atoms with Gasteiger partial charge in [0.05, 0.1) is 17.3 Å². The SMILES string of the molecule is Fc1cc2c(cc1-n1nc3c(c1Cl)CCCC3)NCS2. The smallest absolute Gasteiger partial charge is 0.150 e. The van der Waals surface area contributed by atoms with Gasteiger partial charge in [0.15, 0.2) is 0 Å². The molecule has 1 aromatic carbocycles. The number of thioether (sulfide) groups is 1. The van der Waals surface area contributed by atoms with Crippen molar-refractivity contribution in [2.24, 2.45) is 0 Å². The maximum absolute atomic E-state index is 14.3. The van der Waals surface area contributed by atoms with Crippen molar-refractivity contribution in [3.63, 3.8) is 0 Å². The van der Waals surface area contributed by atoms with Crippen LogP contribution in [0.5, 0.6) is 0 Å². The van der Waals surface area contributed by atoms with Gasteiger partial charge in [-0.25, -0.2) is 9.07 Å². The molecule has 3 nitrogen and oxygen atoms in total. The van der Waals surface area contributed by atoms with Crippen LogP contribution in [0.15, 0.2) is 17.0 Å². The summed E-state index contributed by atoms with van der Waals surface area (Å²) < 4.78 is 15.9. The topological polar surface area (TPSA) is 29.9 Å². The van der Waals surface area contributed by atoms with Crippen molar-refractivity contribution in [2.75, 3.05) is 11.2 Å². The van der Waals surface area contributed by atoms with Crippen molar-refractivity contribution in [2.45, 2.75) is 30.6 Å². The Balaban J connectivity index is 1.87. The summed E-state index contributed by atoms with van der Waals surface area (Å²) in [5.74, 6) is 0.503. The molecule has 1 aromatic heterocycles. The molecule has 2 aliphatic rings. The molecule has 20 heavy (non-hydrogen) atoms. The van der Waals surface area contributed by atoms with Crippen LogP contribution in [-0.2, 0) is 12.8 Å². The maximum atomic E-state index is 14.3. The van der Waals surface area contributed by atoms with E-state index in [0.717, 1.165) is 53.4 Å². The Kier molecular flexibility index (Phi) is 2.93. The molecular formula is C14H13ClFN3S. The summed E-state index contributed by atoms with van der Waals surface area (Å²) in [6.45, 7) is 0. The second kappa shape index (κ2) is 4.67. The van der Waals surface area contributed by atoms with E-state index in [1.54, 1.807) is 28.6 Å². The molecule has 1 aliphatic heterocycles. The minimum atomic E-state index is -0.276. The van der Waals surface area contributed by atoms with E-state index < -0.39 is 0 Å². The standard InChI is InChI=1S/C14H13ClFN3S/c15-14-8-3-1-2-4-10(8)18-19(14)12-6-11-13(5-9(12)16)20-7-17-11/h5-6,17H,1-4,7H2. The fraction of sp³-hybridized carbons (Fsp3) is 0.357. The Morgan fingerprint density at radius 2 is 2.15 bits per heavy atom. The lowest BCUT2D eigenvalue weighted by molar-refractivity contribution is 0.606. The number of benzene rings is 1. The van der Waals surface area contributed by atoms with Gasteiger partial charge in [0, 0.05) is 10.5 Å². The van der Waals surface area contributed by atoms with Gasteiger partial charge in [0.2, 0.25) is 0 Å². The molecule has 2 aromatic rings. The number of fused-ring (bicyclic) bond motifs is 2. The molecule has 1 aliphatic carbocycles. The lowest BCUT2D eigenvalue weighted by atomic mass is 9.99. The highest BCUT2D eigenvalue weighted by Crippen LogP contribution is 2.38. The van der Waals surface area contributed by atoms with E-state index in [-0.39, 0.29) is 5.82 Å². The fourth-order valence-corrected chi connectivity index (χ4v) is 4.02. The Labute approximate surface area is 125 Å². The Morgan fingerprint density at radius 1 is 1.30 bits per heavy atom. The van der Waals surface area contributed by atoms with Gasteiger partial charge in [0.1, 0.15) is 16.7 Å². The highest BCUT2D eigenvalue weighted by atomic mass is 35.5. The number of nitrogens with one attached hydrogen (secondary N) is 1. The number of hydrogen-bond donors (Lipinski definition) is 1. The Hall–Kier alpha value is -1.20. The van der Waals surface area contributed by atoms with E-state index in [2.05, 4.69) is 10.4 Å². The van der Waals surface area contributed by atoms with Gasteiger partial charge < -0.3 is 5.32 Å². The van der Waals surface area contributed by atoms with Gasteiger partial charge in [-0.05, 0) is 37.8 Å². The summed E-state index contributed by atoms with van der Waals surface area (Å²) in [6, 6.07) is 3.36. The van der Waals surface area contributed by atoms with Gasteiger partial charge in [-0.2, -0.15) is 5.10 Å². The van der Waals surface area contributed by atoms with E-state index in [0.29, 0.717) is 10.8 Å². The molecule has 0 radical (unpaired) electrons. The number of rotatable bonds is 1. The first-order valence-electron chi connectivity index (χ1n) is 6.71. The molecule has 104 valence electrons. The third-order valence-electron chi connectivity index (χ3n) is 3.86. The third kappa shape index (κ3) is 1.84. The molecule has 1 N–H and O–H groups in total. The molecule has 0 atom stereocenters. The fourth-order valence-electron chi connectivity index (χ4n) is 2.83. The summed E-state index contributed by atoms with van der Waals surface area (Å²) in [6.07, 6.45) is 4.13. The van der Waals surface area contributed by atoms with Gasteiger partial charge in [-0.3, -0.25) is 0 Å². The summed E-state index contributed by atoms with van der Waals surface area (Å²) in [5.41, 5.74) is 3.48. The molecule has 0 saturated carbocycles. The molecular weight excluding hydrogens is 297 g/mol. The second-order valence-electron chi connectivity index (χ2n) is 5.10. The van der Waals surface area contributed by atoms with Gasteiger partial charge in [-0.1, -0.05) is 11.6 Å². The summed E-state index contributed by atoms with van der Waals surface area (Å²) in [5, 5.41) is 8.31. The van der Waals surface area contributed by atoms with E-state index >= 15 is 0 Å². The van der Waals surface area contributed by atoms with Crippen molar-refractivity contribution < 1.29 is 4.39 Å². The van der Waals surface area contributed by atoms with Gasteiger partial charge in [0.25, 0.3) is 0 Å². The average Bonchev–Trinajstić information content (AvgIpc) is 3.03. The van der Waals surface area contributed by atoms with Crippen LogP contribution in [0.4, 0.5) is 10.1 Å². The lowest BCUT2D eigenvalue weighted by Crippen LogP contribution is -2.02. The van der Waals surface area contributed by atoms with Crippen LogP contribution in [0.2, 0.25) is 5.15 Å². The highest BCUT2D eigenvalue weighted by molar-refractivity contribution is 7.99. The first-order valence-corrected chi connectivity index (χ1v) is 8.07. The van der Waals surface area contributed by atoms with Gasteiger partial charge in [-0.15, -0.1) is 11.8 Å². The number of hydrogen-bond acceptors (Lipinski definition) is 3. The molecule has 0 amide bonds.